The van der Waals surface area contributed by atoms with E-state index in [9.17, 15) is 13.2 Å². The van der Waals surface area contributed by atoms with Crippen molar-refractivity contribution in [3.05, 3.63) is 10.6 Å². The fourth-order valence-electron chi connectivity index (χ4n) is 1.01. The second-order valence-corrected chi connectivity index (χ2v) is 4.37. The van der Waals surface area contributed by atoms with Crippen molar-refractivity contribution in [2.45, 2.75) is 26.7 Å². The molecule has 0 rings (SSSR count). The zero-order chi connectivity index (χ0) is 12.1. The molecule has 0 aromatic carbocycles. The van der Waals surface area contributed by atoms with Crippen molar-refractivity contribution >= 4 is 16.0 Å². The fourth-order valence-corrected chi connectivity index (χ4v) is 1.77. The van der Waals surface area contributed by atoms with Crippen LogP contribution in [0.15, 0.2) is 10.6 Å². The van der Waals surface area contributed by atoms with Gasteiger partial charge >= 0.3 is 5.97 Å². The van der Waals surface area contributed by atoms with Crippen molar-refractivity contribution in [1.82, 2.24) is 0 Å². The molecule has 15 heavy (non-hydrogen) atoms. The summed E-state index contributed by atoms with van der Waals surface area (Å²) < 4.78 is 26.8. The summed E-state index contributed by atoms with van der Waals surface area (Å²) in [6.07, 6.45) is 0.898. The van der Waals surface area contributed by atoms with Gasteiger partial charge in [-0.2, -0.15) is 0 Å². The molecule has 88 valence electrons. The van der Waals surface area contributed by atoms with Gasteiger partial charge in [-0.3, -0.25) is 0 Å². The SMILES string of the molecule is CCC/C(N)=C(\C(=O)OCC)S(N)(=O)=O. The van der Waals surface area contributed by atoms with Gasteiger partial charge < -0.3 is 10.5 Å². The molecule has 0 saturated carbocycles. The number of hydrogen-bond donors (Lipinski definition) is 2. The second kappa shape index (κ2) is 5.72. The van der Waals surface area contributed by atoms with Gasteiger partial charge in [0.2, 0.25) is 10.0 Å². The third-order valence-corrected chi connectivity index (χ3v) is 2.55. The highest BCUT2D eigenvalue weighted by Gasteiger charge is 2.25. The van der Waals surface area contributed by atoms with Gasteiger partial charge in [0.1, 0.15) is 0 Å². The molecule has 4 N–H and O–H groups in total. The van der Waals surface area contributed by atoms with Gasteiger partial charge in [-0.05, 0) is 13.3 Å². The summed E-state index contributed by atoms with van der Waals surface area (Å²) in [5.74, 6) is -0.994. The van der Waals surface area contributed by atoms with Crippen LogP contribution in [0.4, 0.5) is 0 Å². The summed E-state index contributed by atoms with van der Waals surface area (Å²) in [5.41, 5.74) is 5.41. The number of esters is 1. The van der Waals surface area contributed by atoms with E-state index in [4.69, 9.17) is 10.9 Å². The lowest BCUT2D eigenvalue weighted by molar-refractivity contribution is -0.137. The number of sulfonamides is 1. The maximum atomic E-state index is 11.3. The zero-order valence-electron chi connectivity index (χ0n) is 8.82. The minimum absolute atomic E-state index is 0.0570. The highest BCUT2D eigenvalue weighted by Crippen LogP contribution is 2.12. The molecule has 0 heterocycles. The summed E-state index contributed by atoms with van der Waals surface area (Å²) in [5, 5.41) is 4.88. The van der Waals surface area contributed by atoms with E-state index in [1.54, 1.807) is 13.8 Å². The van der Waals surface area contributed by atoms with Crippen LogP contribution in [0.1, 0.15) is 26.7 Å². The topological polar surface area (TPSA) is 112 Å². The molecule has 6 nitrogen and oxygen atoms in total. The molecular formula is C8H16N2O4S. The Balaban J connectivity index is 5.25. The summed E-state index contributed by atoms with van der Waals surface area (Å²) in [6, 6.07) is 0. The average Bonchev–Trinajstić information content (AvgIpc) is 2.01. The first-order valence-electron chi connectivity index (χ1n) is 4.53. The third-order valence-electron chi connectivity index (χ3n) is 1.56. The van der Waals surface area contributed by atoms with Gasteiger partial charge in [-0.1, -0.05) is 13.3 Å². The molecule has 0 saturated heterocycles. The molecule has 0 spiro atoms. The number of nitrogens with two attached hydrogens (primary N) is 2. The number of allylic oxidation sites excluding steroid dienone is 1. The quantitative estimate of drug-likeness (QED) is 0.507. The molecule has 0 fully saturated rings. The lowest BCUT2D eigenvalue weighted by Gasteiger charge is -2.08. The normalized spacial score (nSPS) is 13.3. The standard InChI is InChI=1S/C8H16N2O4S/c1-3-5-6(9)7(15(10,12)13)8(11)14-4-2/h3-5,9H2,1-2H3,(H2,10,12,13)/b7-6-. The van der Waals surface area contributed by atoms with Crippen molar-refractivity contribution in [2.75, 3.05) is 6.61 Å². The van der Waals surface area contributed by atoms with Crippen LogP contribution in [0.2, 0.25) is 0 Å². The monoisotopic (exact) mass is 236 g/mol. The Bertz CT molecular complexity index is 359. The molecule has 0 atom stereocenters. The molecule has 0 unspecified atom stereocenters. The molecule has 0 radical (unpaired) electrons. The first kappa shape index (κ1) is 13.9. The Labute approximate surface area is 89.3 Å². The van der Waals surface area contributed by atoms with E-state index >= 15 is 0 Å². The fraction of sp³-hybridized carbons (Fsp3) is 0.625. The molecule has 0 aliphatic heterocycles. The number of carbonyl (C=O) groups is 1. The lowest BCUT2D eigenvalue weighted by atomic mass is 10.2. The Hall–Kier alpha value is -1.08. The molecule has 0 bridgehead atoms. The number of ether oxygens (including phenoxy) is 1. The predicted octanol–water partition coefficient (Wildman–Crippen LogP) is -0.192. The van der Waals surface area contributed by atoms with E-state index in [2.05, 4.69) is 4.74 Å². The largest absolute Gasteiger partial charge is 0.462 e. The summed E-state index contributed by atoms with van der Waals surface area (Å²) in [6.45, 7) is 3.44. The molecular weight excluding hydrogens is 220 g/mol. The molecule has 0 aromatic heterocycles. The Kier molecular flexibility index (Phi) is 5.31. The maximum Gasteiger partial charge on any atom is 0.352 e. The number of rotatable bonds is 5. The lowest BCUT2D eigenvalue weighted by Crippen LogP contribution is -2.26. The number of carbonyl (C=O) groups excluding carboxylic acids is 1. The third kappa shape index (κ3) is 4.30. The molecule has 0 aliphatic rings. The highest BCUT2D eigenvalue weighted by molar-refractivity contribution is 7.94. The highest BCUT2D eigenvalue weighted by atomic mass is 32.2. The van der Waals surface area contributed by atoms with Gasteiger partial charge in [0.05, 0.1) is 6.61 Å². The van der Waals surface area contributed by atoms with E-state index in [1.807, 2.05) is 0 Å². The van der Waals surface area contributed by atoms with Crippen molar-refractivity contribution in [3.63, 3.8) is 0 Å². The van der Waals surface area contributed by atoms with Crippen LogP contribution < -0.4 is 10.9 Å². The van der Waals surface area contributed by atoms with E-state index in [0.717, 1.165) is 0 Å². The zero-order valence-corrected chi connectivity index (χ0v) is 9.63. The van der Waals surface area contributed by atoms with Crippen LogP contribution in [-0.4, -0.2) is 21.0 Å². The van der Waals surface area contributed by atoms with Crippen LogP contribution >= 0.6 is 0 Å². The van der Waals surface area contributed by atoms with Crippen molar-refractivity contribution < 1.29 is 17.9 Å². The van der Waals surface area contributed by atoms with E-state index in [-0.39, 0.29) is 18.7 Å². The van der Waals surface area contributed by atoms with Crippen LogP contribution in [0, 0.1) is 0 Å². The van der Waals surface area contributed by atoms with Crippen molar-refractivity contribution in [3.8, 4) is 0 Å². The summed E-state index contributed by atoms with van der Waals surface area (Å²) >= 11 is 0. The number of primary sulfonamides is 1. The number of hydrogen-bond acceptors (Lipinski definition) is 5. The molecule has 0 aromatic rings. The Morgan fingerprint density at radius 3 is 2.20 bits per heavy atom. The predicted molar refractivity (Wildman–Crippen MR) is 55.9 cm³/mol. The Morgan fingerprint density at radius 1 is 1.33 bits per heavy atom. The van der Waals surface area contributed by atoms with Gasteiger partial charge in [-0.15, -0.1) is 0 Å². The van der Waals surface area contributed by atoms with Crippen LogP contribution in [0.25, 0.3) is 0 Å². The average molecular weight is 236 g/mol. The van der Waals surface area contributed by atoms with Crippen LogP contribution in [-0.2, 0) is 19.6 Å². The first-order chi connectivity index (χ1) is 6.84. The Morgan fingerprint density at radius 2 is 1.87 bits per heavy atom. The van der Waals surface area contributed by atoms with Crippen LogP contribution in [0.3, 0.4) is 0 Å². The smallest absolute Gasteiger partial charge is 0.352 e. The van der Waals surface area contributed by atoms with Gasteiger partial charge in [0.25, 0.3) is 0 Å². The van der Waals surface area contributed by atoms with Gasteiger partial charge in [0.15, 0.2) is 4.91 Å². The maximum absolute atomic E-state index is 11.3. The van der Waals surface area contributed by atoms with Crippen molar-refractivity contribution in [2.24, 2.45) is 10.9 Å². The van der Waals surface area contributed by atoms with E-state index in [1.165, 1.54) is 0 Å². The van der Waals surface area contributed by atoms with E-state index in [0.29, 0.717) is 6.42 Å². The molecule has 0 aliphatic carbocycles. The van der Waals surface area contributed by atoms with Crippen molar-refractivity contribution in [1.29, 1.82) is 0 Å². The molecule has 7 heteroatoms. The van der Waals surface area contributed by atoms with Gasteiger partial charge in [-0.25, -0.2) is 18.4 Å². The minimum Gasteiger partial charge on any atom is -0.462 e. The van der Waals surface area contributed by atoms with Crippen LogP contribution in [0.5, 0.6) is 0 Å². The first-order valence-corrected chi connectivity index (χ1v) is 6.07. The van der Waals surface area contributed by atoms with Gasteiger partial charge in [0, 0.05) is 5.70 Å². The summed E-state index contributed by atoms with van der Waals surface area (Å²) in [7, 11) is -4.13. The second-order valence-electron chi connectivity index (χ2n) is 2.87. The van der Waals surface area contributed by atoms with E-state index < -0.39 is 20.9 Å². The minimum atomic E-state index is -4.13. The molecule has 0 amide bonds. The summed E-state index contributed by atoms with van der Waals surface area (Å²) in [4.78, 5) is 10.7.